The van der Waals surface area contributed by atoms with E-state index in [2.05, 4.69) is 26.7 Å². The molecule has 172 valence electrons. The number of sulfonamides is 1. The van der Waals surface area contributed by atoms with Crippen LogP contribution in [-0.2, 0) is 27.8 Å². The molecular weight excluding hydrogens is 442 g/mol. The van der Waals surface area contributed by atoms with Crippen molar-refractivity contribution in [1.29, 1.82) is 0 Å². The lowest BCUT2D eigenvalue weighted by Gasteiger charge is -2.32. The summed E-state index contributed by atoms with van der Waals surface area (Å²) < 4.78 is 28.0. The standard InChI is InChI=1S/C23H25N5O4S/c29-21-23(19-5-6-19,27-22(30)26-21)13-33(31,32)28-8-7-16-9-15(3-4-17(16)12-28)18-10-24-20(25-11-18)14-1-2-14/h3-4,9-11,14,19H,1-2,5-8,12-13H2,(H2,26,27,29,30)/t23-/m0/s1. The average Bonchev–Trinajstić information content (AvgIpc) is 3.70. The Hall–Kier alpha value is -2.85. The summed E-state index contributed by atoms with van der Waals surface area (Å²) in [7, 11) is -3.76. The zero-order valence-electron chi connectivity index (χ0n) is 18.1. The third-order valence-electron chi connectivity index (χ3n) is 7.18. The molecule has 2 aliphatic carbocycles. The number of benzene rings is 1. The lowest BCUT2D eigenvalue weighted by molar-refractivity contribution is -0.124. The van der Waals surface area contributed by atoms with E-state index in [-0.39, 0.29) is 12.5 Å². The van der Waals surface area contributed by atoms with Gasteiger partial charge >= 0.3 is 6.03 Å². The first-order valence-corrected chi connectivity index (χ1v) is 13.0. The number of amides is 3. The summed E-state index contributed by atoms with van der Waals surface area (Å²) in [4.78, 5) is 33.3. The van der Waals surface area contributed by atoms with Gasteiger partial charge in [0.15, 0.2) is 0 Å². The molecule has 1 aromatic heterocycles. The minimum atomic E-state index is -3.76. The second kappa shape index (κ2) is 7.33. The number of hydrogen-bond acceptors (Lipinski definition) is 6. The zero-order chi connectivity index (χ0) is 22.8. The van der Waals surface area contributed by atoms with Gasteiger partial charge in [-0.05, 0) is 54.7 Å². The van der Waals surface area contributed by atoms with Crippen LogP contribution in [0.3, 0.4) is 0 Å². The molecule has 0 unspecified atom stereocenters. The smallest absolute Gasteiger partial charge is 0.322 e. The molecule has 10 heteroatoms. The van der Waals surface area contributed by atoms with Crippen LogP contribution in [0.25, 0.3) is 11.1 Å². The maximum atomic E-state index is 13.3. The van der Waals surface area contributed by atoms with Gasteiger partial charge in [-0.15, -0.1) is 0 Å². The molecule has 0 spiro atoms. The fraction of sp³-hybridized carbons (Fsp3) is 0.478. The third kappa shape index (κ3) is 3.71. The van der Waals surface area contributed by atoms with Crippen LogP contribution in [-0.4, -0.2) is 52.5 Å². The Bertz CT molecular complexity index is 1250. The molecule has 2 saturated carbocycles. The van der Waals surface area contributed by atoms with Crippen molar-refractivity contribution in [3.8, 4) is 11.1 Å². The van der Waals surface area contributed by atoms with Crippen molar-refractivity contribution in [1.82, 2.24) is 24.9 Å². The van der Waals surface area contributed by atoms with Crippen molar-refractivity contribution in [2.45, 2.75) is 50.1 Å². The summed E-state index contributed by atoms with van der Waals surface area (Å²) in [5.41, 5.74) is 2.67. The second-order valence-corrected chi connectivity index (χ2v) is 11.6. The summed E-state index contributed by atoms with van der Waals surface area (Å²) in [6.07, 6.45) is 8.10. The Kier molecular flexibility index (Phi) is 4.60. The molecule has 1 saturated heterocycles. The summed E-state index contributed by atoms with van der Waals surface area (Å²) in [6, 6.07) is 5.40. The van der Waals surface area contributed by atoms with Crippen LogP contribution in [0.2, 0.25) is 0 Å². The predicted octanol–water partition coefficient (Wildman–Crippen LogP) is 1.70. The minimum absolute atomic E-state index is 0.133. The highest BCUT2D eigenvalue weighted by atomic mass is 32.2. The van der Waals surface area contributed by atoms with E-state index in [9.17, 15) is 18.0 Å². The van der Waals surface area contributed by atoms with Crippen molar-refractivity contribution in [2.24, 2.45) is 5.92 Å². The number of carbonyl (C=O) groups is 2. The average molecular weight is 468 g/mol. The van der Waals surface area contributed by atoms with Crippen molar-refractivity contribution in [3.05, 3.63) is 47.5 Å². The molecule has 1 aromatic carbocycles. The van der Waals surface area contributed by atoms with Crippen LogP contribution >= 0.6 is 0 Å². The molecule has 0 bridgehead atoms. The molecule has 2 aromatic rings. The Morgan fingerprint density at radius 1 is 1.03 bits per heavy atom. The topological polar surface area (TPSA) is 121 Å². The van der Waals surface area contributed by atoms with Gasteiger partial charge in [-0.1, -0.05) is 18.2 Å². The molecule has 3 amide bonds. The highest BCUT2D eigenvalue weighted by Crippen LogP contribution is 2.43. The first kappa shape index (κ1) is 20.7. The summed E-state index contributed by atoms with van der Waals surface area (Å²) in [6.45, 7) is 0.595. The van der Waals surface area contributed by atoms with Gasteiger partial charge in [-0.2, -0.15) is 4.31 Å². The van der Waals surface area contributed by atoms with E-state index in [4.69, 9.17) is 0 Å². The van der Waals surface area contributed by atoms with Gasteiger partial charge in [0.2, 0.25) is 10.0 Å². The number of imide groups is 1. The molecule has 33 heavy (non-hydrogen) atoms. The van der Waals surface area contributed by atoms with Crippen LogP contribution in [0.5, 0.6) is 0 Å². The van der Waals surface area contributed by atoms with Crippen molar-refractivity contribution >= 4 is 22.0 Å². The van der Waals surface area contributed by atoms with E-state index in [1.165, 1.54) is 4.31 Å². The minimum Gasteiger partial charge on any atom is -0.322 e. The molecular formula is C23H25N5O4S. The van der Waals surface area contributed by atoms with Gasteiger partial charge in [0.1, 0.15) is 11.4 Å². The maximum absolute atomic E-state index is 13.3. The Morgan fingerprint density at radius 2 is 1.79 bits per heavy atom. The Labute approximate surface area is 192 Å². The lowest BCUT2D eigenvalue weighted by Crippen LogP contribution is -2.56. The number of hydrogen-bond donors (Lipinski definition) is 2. The van der Waals surface area contributed by atoms with Crippen molar-refractivity contribution in [3.63, 3.8) is 0 Å². The number of carbonyl (C=O) groups excluding carboxylic acids is 2. The third-order valence-corrected chi connectivity index (χ3v) is 9.10. The quantitative estimate of drug-likeness (QED) is 0.624. The molecule has 6 rings (SSSR count). The van der Waals surface area contributed by atoms with Gasteiger partial charge in [-0.25, -0.2) is 23.2 Å². The highest BCUT2D eigenvalue weighted by molar-refractivity contribution is 7.89. The molecule has 3 heterocycles. The first-order chi connectivity index (χ1) is 15.8. The number of urea groups is 1. The van der Waals surface area contributed by atoms with Crippen LogP contribution < -0.4 is 10.6 Å². The molecule has 2 N–H and O–H groups in total. The molecule has 0 radical (unpaired) electrons. The normalized spacial score (nSPS) is 25.5. The van der Waals surface area contributed by atoms with Crippen LogP contribution in [0, 0.1) is 5.92 Å². The SMILES string of the molecule is O=C1NC(=O)[C@](CS(=O)(=O)N2CCc3cc(-c4cnc(C5CC5)nc4)ccc3C2)(C2CC2)N1. The first-order valence-electron chi connectivity index (χ1n) is 11.4. The van der Waals surface area contributed by atoms with Gasteiger partial charge < -0.3 is 5.32 Å². The lowest BCUT2D eigenvalue weighted by atomic mass is 9.96. The van der Waals surface area contributed by atoms with Crippen LogP contribution in [0.1, 0.15) is 48.6 Å². The van der Waals surface area contributed by atoms with E-state index >= 15 is 0 Å². The van der Waals surface area contributed by atoms with Crippen molar-refractivity contribution < 1.29 is 18.0 Å². The number of nitrogens with one attached hydrogen (secondary N) is 2. The number of rotatable bonds is 6. The molecule has 4 aliphatic rings. The van der Waals surface area contributed by atoms with Gasteiger partial charge in [0, 0.05) is 37.0 Å². The van der Waals surface area contributed by atoms with E-state index in [1.54, 1.807) is 0 Å². The fourth-order valence-electron chi connectivity index (χ4n) is 4.95. The maximum Gasteiger partial charge on any atom is 0.322 e. The molecule has 9 nitrogen and oxygen atoms in total. The summed E-state index contributed by atoms with van der Waals surface area (Å²) >= 11 is 0. The monoisotopic (exact) mass is 467 g/mol. The number of fused-ring (bicyclic) bond motifs is 1. The van der Waals surface area contributed by atoms with Gasteiger partial charge in [-0.3, -0.25) is 10.1 Å². The number of aromatic nitrogens is 2. The van der Waals surface area contributed by atoms with E-state index in [0.29, 0.717) is 18.9 Å². The van der Waals surface area contributed by atoms with Gasteiger partial charge in [0.05, 0.1) is 5.75 Å². The van der Waals surface area contributed by atoms with Gasteiger partial charge in [0.25, 0.3) is 5.91 Å². The molecule has 1 atom stereocenters. The number of nitrogens with zero attached hydrogens (tertiary/aromatic N) is 3. The van der Waals surface area contributed by atoms with Crippen molar-refractivity contribution in [2.75, 3.05) is 12.3 Å². The molecule has 2 aliphatic heterocycles. The van der Waals surface area contributed by atoms with Crippen LogP contribution in [0.4, 0.5) is 4.79 Å². The molecule has 3 fully saturated rings. The predicted molar refractivity (Wildman–Crippen MR) is 119 cm³/mol. The van der Waals surface area contributed by atoms with E-state index in [0.717, 1.165) is 53.8 Å². The van der Waals surface area contributed by atoms with E-state index in [1.807, 2.05) is 24.5 Å². The fourth-order valence-corrected chi connectivity index (χ4v) is 6.85. The summed E-state index contributed by atoms with van der Waals surface area (Å²) in [5, 5.41) is 4.84. The highest BCUT2D eigenvalue weighted by Gasteiger charge is 2.58. The Balaban J connectivity index is 1.20. The summed E-state index contributed by atoms with van der Waals surface area (Å²) in [5.74, 6) is 0.356. The largest absolute Gasteiger partial charge is 0.322 e. The van der Waals surface area contributed by atoms with Crippen LogP contribution in [0.15, 0.2) is 30.6 Å². The zero-order valence-corrected chi connectivity index (χ0v) is 18.9. The Morgan fingerprint density at radius 3 is 2.42 bits per heavy atom. The van der Waals surface area contributed by atoms with E-state index < -0.39 is 33.3 Å². The second-order valence-electron chi connectivity index (χ2n) is 9.58.